The van der Waals surface area contributed by atoms with E-state index in [0.29, 0.717) is 12.5 Å². The van der Waals surface area contributed by atoms with Gasteiger partial charge in [-0.05, 0) is 24.1 Å². The molecule has 1 nitrogen and oxygen atoms in total. The molecule has 0 saturated heterocycles. The highest BCUT2D eigenvalue weighted by atomic mass is 14.5. The van der Waals surface area contributed by atoms with Crippen LogP contribution in [0.25, 0.3) is 0 Å². The maximum atomic E-state index is 5.70. The van der Waals surface area contributed by atoms with Crippen molar-refractivity contribution in [2.45, 2.75) is 19.8 Å². The molecule has 2 aromatic carbocycles. The molecule has 0 radical (unpaired) electrons. The van der Waals surface area contributed by atoms with Gasteiger partial charge in [-0.3, -0.25) is 0 Å². The number of hydrogen-bond donors (Lipinski definition) is 1. The highest BCUT2D eigenvalue weighted by molar-refractivity contribution is 5.32. The second-order valence-electron chi connectivity index (χ2n) is 3.95. The van der Waals surface area contributed by atoms with Gasteiger partial charge in [-0.2, -0.15) is 0 Å². The van der Waals surface area contributed by atoms with E-state index in [0.717, 1.165) is 6.42 Å². The molecule has 0 aliphatic rings. The van der Waals surface area contributed by atoms with Gasteiger partial charge in [0, 0.05) is 5.92 Å². The van der Waals surface area contributed by atoms with Gasteiger partial charge in [0.25, 0.3) is 0 Å². The first-order chi connectivity index (χ1) is 7.92. The molecule has 0 heterocycles. The van der Waals surface area contributed by atoms with Gasteiger partial charge in [0.1, 0.15) is 0 Å². The second-order valence-corrected chi connectivity index (χ2v) is 3.95. The molecule has 17 heavy (non-hydrogen) atoms. The normalized spacial score (nSPS) is 10.0. The van der Waals surface area contributed by atoms with Gasteiger partial charge in [0.15, 0.2) is 0 Å². The van der Waals surface area contributed by atoms with Crippen LogP contribution in [-0.2, 0) is 0 Å². The van der Waals surface area contributed by atoms with Crippen LogP contribution in [-0.4, -0.2) is 6.54 Å². The third-order valence-electron chi connectivity index (χ3n) is 2.86. The summed E-state index contributed by atoms with van der Waals surface area (Å²) < 4.78 is 0. The molecule has 0 saturated carbocycles. The molecule has 0 spiro atoms. The lowest BCUT2D eigenvalue weighted by molar-refractivity contribution is 0.726. The van der Waals surface area contributed by atoms with Crippen molar-refractivity contribution in [1.29, 1.82) is 0 Å². The smallest absolute Gasteiger partial charge is 0.0101 e. The number of nitrogens with two attached hydrogens (primary N) is 1. The molecule has 0 bridgehead atoms. The number of rotatable bonds is 4. The second kappa shape index (κ2) is 6.87. The van der Waals surface area contributed by atoms with Crippen molar-refractivity contribution in [2.75, 3.05) is 6.54 Å². The lowest BCUT2D eigenvalue weighted by Gasteiger charge is -2.16. The largest absolute Gasteiger partial charge is 0.330 e. The van der Waals surface area contributed by atoms with Gasteiger partial charge >= 0.3 is 0 Å². The van der Waals surface area contributed by atoms with E-state index >= 15 is 0 Å². The first-order valence-electron chi connectivity index (χ1n) is 5.72. The molecule has 0 aromatic heterocycles. The van der Waals surface area contributed by atoms with E-state index < -0.39 is 0 Å². The van der Waals surface area contributed by atoms with Crippen molar-refractivity contribution in [3.8, 4) is 0 Å². The van der Waals surface area contributed by atoms with Crippen LogP contribution in [0.4, 0.5) is 0 Å². The van der Waals surface area contributed by atoms with E-state index in [9.17, 15) is 0 Å². The van der Waals surface area contributed by atoms with Crippen LogP contribution in [0.2, 0.25) is 0 Å². The quantitative estimate of drug-likeness (QED) is 0.844. The summed E-state index contributed by atoms with van der Waals surface area (Å²) in [4.78, 5) is 0. The van der Waals surface area contributed by atoms with Crippen molar-refractivity contribution in [2.24, 2.45) is 5.73 Å². The van der Waals surface area contributed by atoms with Crippen LogP contribution in [0.15, 0.2) is 60.7 Å². The van der Waals surface area contributed by atoms with E-state index in [1.807, 2.05) is 12.1 Å². The van der Waals surface area contributed by atoms with E-state index in [2.05, 4.69) is 48.5 Å². The molecule has 0 amide bonds. The predicted octanol–water partition coefficient (Wildman–Crippen LogP) is 3.80. The molecule has 2 N–H and O–H groups in total. The summed E-state index contributed by atoms with van der Waals surface area (Å²) >= 11 is 0. The molecule has 1 heteroatoms. The molecular formula is C16H21N. The van der Waals surface area contributed by atoms with Crippen molar-refractivity contribution in [1.82, 2.24) is 0 Å². The highest BCUT2D eigenvalue weighted by Gasteiger charge is 2.11. The van der Waals surface area contributed by atoms with Crippen molar-refractivity contribution >= 4 is 0 Å². The minimum Gasteiger partial charge on any atom is -0.330 e. The third kappa shape index (κ3) is 3.43. The minimum atomic E-state index is 0. The van der Waals surface area contributed by atoms with Crippen molar-refractivity contribution < 1.29 is 0 Å². The van der Waals surface area contributed by atoms with Crippen LogP contribution in [0.1, 0.15) is 30.9 Å². The molecule has 0 aliphatic carbocycles. The fourth-order valence-electron chi connectivity index (χ4n) is 2.06. The van der Waals surface area contributed by atoms with Crippen molar-refractivity contribution in [3.63, 3.8) is 0 Å². The summed E-state index contributed by atoms with van der Waals surface area (Å²) in [6.07, 6.45) is 0.994. The van der Waals surface area contributed by atoms with Gasteiger partial charge in [-0.15, -0.1) is 0 Å². The van der Waals surface area contributed by atoms with Gasteiger partial charge < -0.3 is 5.73 Å². The highest BCUT2D eigenvalue weighted by Crippen LogP contribution is 2.26. The van der Waals surface area contributed by atoms with Gasteiger partial charge in [0.2, 0.25) is 0 Å². The van der Waals surface area contributed by atoms with Gasteiger partial charge in [-0.1, -0.05) is 68.1 Å². The zero-order valence-electron chi connectivity index (χ0n) is 9.34. The molecule has 2 rings (SSSR count). The van der Waals surface area contributed by atoms with Crippen LogP contribution in [0.5, 0.6) is 0 Å². The first kappa shape index (κ1) is 13.5. The fourth-order valence-corrected chi connectivity index (χ4v) is 2.06. The molecule has 0 unspecified atom stereocenters. The fraction of sp³-hybridized carbons (Fsp3) is 0.250. The Bertz CT molecular complexity index is 369. The topological polar surface area (TPSA) is 26.0 Å². The zero-order valence-corrected chi connectivity index (χ0v) is 9.34. The maximum absolute atomic E-state index is 5.70. The van der Waals surface area contributed by atoms with E-state index in [-0.39, 0.29) is 7.43 Å². The summed E-state index contributed by atoms with van der Waals surface area (Å²) in [5.41, 5.74) is 8.40. The van der Waals surface area contributed by atoms with Crippen LogP contribution in [0, 0.1) is 0 Å². The SMILES string of the molecule is C.NCCC(c1ccccc1)c1ccccc1. The molecular weight excluding hydrogens is 206 g/mol. The van der Waals surface area contributed by atoms with Gasteiger partial charge in [0.05, 0.1) is 0 Å². The Kier molecular flexibility index (Phi) is 5.44. The Morgan fingerprint density at radius 2 is 1.18 bits per heavy atom. The Morgan fingerprint density at radius 1 is 0.765 bits per heavy atom. The monoisotopic (exact) mass is 227 g/mol. The Labute approximate surface area is 104 Å². The predicted molar refractivity (Wildman–Crippen MR) is 75.1 cm³/mol. The van der Waals surface area contributed by atoms with E-state index in [4.69, 9.17) is 5.73 Å². The summed E-state index contributed by atoms with van der Waals surface area (Å²) in [6, 6.07) is 21.1. The van der Waals surface area contributed by atoms with E-state index in [1.54, 1.807) is 0 Å². The van der Waals surface area contributed by atoms with Crippen LogP contribution >= 0.6 is 0 Å². The minimum absolute atomic E-state index is 0. The van der Waals surface area contributed by atoms with E-state index in [1.165, 1.54) is 11.1 Å². The summed E-state index contributed by atoms with van der Waals surface area (Å²) in [5.74, 6) is 0.424. The molecule has 0 aliphatic heterocycles. The number of benzene rings is 2. The Balaban J connectivity index is 0.00000144. The lowest BCUT2D eigenvalue weighted by atomic mass is 9.89. The lowest BCUT2D eigenvalue weighted by Crippen LogP contribution is -2.08. The zero-order chi connectivity index (χ0) is 11.2. The summed E-state index contributed by atoms with van der Waals surface area (Å²) in [7, 11) is 0. The van der Waals surface area contributed by atoms with Crippen molar-refractivity contribution in [3.05, 3.63) is 71.8 Å². The molecule has 0 atom stereocenters. The average Bonchev–Trinajstić information content (AvgIpc) is 2.38. The average molecular weight is 227 g/mol. The first-order valence-corrected chi connectivity index (χ1v) is 5.72. The third-order valence-corrected chi connectivity index (χ3v) is 2.86. The summed E-state index contributed by atoms with van der Waals surface area (Å²) in [6.45, 7) is 0.717. The maximum Gasteiger partial charge on any atom is 0.0101 e. The standard InChI is InChI=1S/C15H17N.CH4/c16-12-11-15(13-7-3-1-4-8-13)14-9-5-2-6-10-14;/h1-10,15H,11-12,16H2;1H4. The number of hydrogen-bond acceptors (Lipinski definition) is 1. The van der Waals surface area contributed by atoms with Gasteiger partial charge in [-0.25, -0.2) is 0 Å². The Hall–Kier alpha value is -1.60. The van der Waals surface area contributed by atoms with Crippen LogP contribution in [0.3, 0.4) is 0 Å². The summed E-state index contributed by atoms with van der Waals surface area (Å²) in [5, 5.41) is 0. The van der Waals surface area contributed by atoms with Crippen LogP contribution < -0.4 is 5.73 Å². The Morgan fingerprint density at radius 3 is 1.53 bits per heavy atom. The molecule has 2 aromatic rings. The molecule has 90 valence electrons. The molecule has 0 fully saturated rings.